The molecule has 16 heavy (non-hydrogen) atoms. The fourth-order valence-corrected chi connectivity index (χ4v) is 1.50. The van der Waals surface area contributed by atoms with Crippen molar-refractivity contribution in [1.82, 2.24) is 20.2 Å². The number of morpholine rings is 1. The molecular formula is C9H15N5O2. The van der Waals surface area contributed by atoms with Crippen LogP contribution in [0.25, 0.3) is 0 Å². The average molecular weight is 225 g/mol. The zero-order valence-corrected chi connectivity index (χ0v) is 8.93. The van der Waals surface area contributed by atoms with Gasteiger partial charge in [0.25, 0.3) is 5.91 Å². The van der Waals surface area contributed by atoms with Gasteiger partial charge in [-0.3, -0.25) is 14.9 Å². The van der Waals surface area contributed by atoms with Gasteiger partial charge in [0.2, 0.25) is 0 Å². The summed E-state index contributed by atoms with van der Waals surface area (Å²) in [7, 11) is 0. The van der Waals surface area contributed by atoms with Crippen LogP contribution in [0.4, 0.5) is 5.69 Å². The number of carbonyl (C=O) groups is 1. The van der Waals surface area contributed by atoms with Crippen molar-refractivity contribution >= 4 is 11.6 Å². The maximum atomic E-state index is 11.6. The minimum atomic E-state index is -0.106. The SMILES string of the molecule is Nc1cnn(CC(=O)NN2CCOCC2)c1. The Hall–Kier alpha value is -1.60. The summed E-state index contributed by atoms with van der Waals surface area (Å²) in [4.78, 5) is 11.6. The summed E-state index contributed by atoms with van der Waals surface area (Å²) < 4.78 is 6.68. The number of hydrogen-bond acceptors (Lipinski definition) is 5. The lowest BCUT2D eigenvalue weighted by atomic mass is 10.5. The smallest absolute Gasteiger partial charge is 0.255 e. The van der Waals surface area contributed by atoms with Gasteiger partial charge >= 0.3 is 0 Å². The molecule has 1 amide bonds. The fourth-order valence-electron chi connectivity index (χ4n) is 1.50. The molecule has 2 rings (SSSR count). The van der Waals surface area contributed by atoms with E-state index in [4.69, 9.17) is 10.5 Å². The van der Waals surface area contributed by atoms with Crippen molar-refractivity contribution in [2.24, 2.45) is 0 Å². The van der Waals surface area contributed by atoms with E-state index in [1.54, 1.807) is 6.20 Å². The molecule has 1 saturated heterocycles. The fraction of sp³-hybridized carbons (Fsp3) is 0.556. The minimum Gasteiger partial charge on any atom is -0.396 e. The van der Waals surface area contributed by atoms with Gasteiger partial charge in [0.05, 0.1) is 25.1 Å². The van der Waals surface area contributed by atoms with Crippen LogP contribution in [0.1, 0.15) is 0 Å². The molecule has 1 aliphatic heterocycles. The summed E-state index contributed by atoms with van der Waals surface area (Å²) in [5, 5.41) is 5.78. The second-order valence-electron chi connectivity index (χ2n) is 3.61. The molecule has 0 saturated carbocycles. The first kappa shape index (κ1) is 10.9. The summed E-state index contributed by atoms with van der Waals surface area (Å²) >= 11 is 0. The number of nitrogens with one attached hydrogen (secondary N) is 1. The lowest BCUT2D eigenvalue weighted by Crippen LogP contribution is -2.49. The Balaban J connectivity index is 1.79. The van der Waals surface area contributed by atoms with E-state index in [1.807, 2.05) is 5.01 Å². The number of hydrazine groups is 1. The molecule has 0 spiro atoms. The van der Waals surface area contributed by atoms with Gasteiger partial charge in [0.1, 0.15) is 6.54 Å². The highest BCUT2D eigenvalue weighted by Gasteiger charge is 2.13. The number of rotatable bonds is 3. The van der Waals surface area contributed by atoms with E-state index in [1.165, 1.54) is 10.9 Å². The van der Waals surface area contributed by atoms with E-state index in [0.29, 0.717) is 32.0 Å². The molecule has 2 heterocycles. The first-order valence-corrected chi connectivity index (χ1v) is 5.14. The van der Waals surface area contributed by atoms with Crippen molar-refractivity contribution in [3.05, 3.63) is 12.4 Å². The number of ether oxygens (including phenoxy) is 1. The van der Waals surface area contributed by atoms with E-state index >= 15 is 0 Å². The third-order valence-electron chi connectivity index (χ3n) is 2.25. The number of carbonyl (C=O) groups excluding carboxylic acids is 1. The number of anilines is 1. The lowest BCUT2D eigenvalue weighted by molar-refractivity contribution is -0.128. The molecule has 7 heteroatoms. The molecule has 7 nitrogen and oxygen atoms in total. The minimum absolute atomic E-state index is 0.106. The molecule has 0 bridgehead atoms. The van der Waals surface area contributed by atoms with Gasteiger partial charge in [-0.2, -0.15) is 5.10 Å². The first-order chi connectivity index (χ1) is 7.74. The molecule has 3 N–H and O–H groups in total. The molecule has 0 radical (unpaired) electrons. The molecule has 0 aromatic carbocycles. The Morgan fingerprint density at radius 1 is 1.56 bits per heavy atom. The molecule has 1 aliphatic rings. The quantitative estimate of drug-likeness (QED) is 0.677. The summed E-state index contributed by atoms with van der Waals surface area (Å²) in [5.41, 5.74) is 8.84. The molecular weight excluding hydrogens is 210 g/mol. The van der Waals surface area contributed by atoms with Crippen LogP contribution < -0.4 is 11.2 Å². The number of nitrogens with two attached hydrogens (primary N) is 1. The molecule has 88 valence electrons. The van der Waals surface area contributed by atoms with Gasteiger partial charge in [-0.25, -0.2) is 5.01 Å². The average Bonchev–Trinajstić information content (AvgIpc) is 2.65. The van der Waals surface area contributed by atoms with Crippen LogP contribution in [0.2, 0.25) is 0 Å². The van der Waals surface area contributed by atoms with Crippen molar-refractivity contribution < 1.29 is 9.53 Å². The number of aromatic nitrogens is 2. The normalized spacial score (nSPS) is 17.2. The van der Waals surface area contributed by atoms with E-state index < -0.39 is 0 Å². The van der Waals surface area contributed by atoms with Gasteiger partial charge in [-0.1, -0.05) is 0 Å². The van der Waals surface area contributed by atoms with Crippen LogP contribution >= 0.6 is 0 Å². The van der Waals surface area contributed by atoms with Gasteiger partial charge in [0.15, 0.2) is 0 Å². The number of nitrogen functional groups attached to an aromatic ring is 1. The molecule has 0 aliphatic carbocycles. The third kappa shape index (κ3) is 2.94. The maximum Gasteiger partial charge on any atom is 0.255 e. The van der Waals surface area contributed by atoms with E-state index in [-0.39, 0.29) is 12.5 Å². The predicted molar refractivity (Wildman–Crippen MR) is 57.2 cm³/mol. The van der Waals surface area contributed by atoms with E-state index in [9.17, 15) is 4.79 Å². The highest BCUT2D eigenvalue weighted by Crippen LogP contribution is 1.98. The largest absolute Gasteiger partial charge is 0.396 e. The van der Waals surface area contributed by atoms with Crippen molar-refractivity contribution in [2.45, 2.75) is 6.54 Å². The lowest BCUT2D eigenvalue weighted by Gasteiger charge is -2.26. The Bertz CT molecular complexity index is 359. The Kier molecular flexibility index (Phi) is 3.37. The highest BCUT2D eigenvalue weighted by atomic mass is 16.5. The Labute approximate surface area is 93.1 Å². The van der Waals surface area contributed by atoms with Crippen LogP contribution in [0.15, 0.2) is 12.4 Å². The van der Waals surface area contributed by atoms with Gasteiger partial charge in [-0.15, -0.1) is 0 Å². The standard InChI is InChI=1S/C9H15N5O2/c10-8-5-11-14(6-8)7-9(15)12-13-1-3-16-4-2-13/h5-6H,1-4,7,10H2,(H,12,15). The van der Waals surface area contributed by atoms with Crippen molar-refractivity contribution in [3.63, 3.8) is 0 Å². The van der Waals surface area contributed by atoms with E-state index in [2.05, 4.69) is 10.5 Å². The van der Waals surface area contributed by atoms with Crippen molar-refractivity contribution in [2.75, 3.05) is 32.0 Å². The second-order valence-corrected chi connectivity index (χ2v) is 3.61. The summed E-state index contributed by atoms with van der Waals surface area (Å²) in [5.74, 6) is -0.106. The Morgan fingerprint density at radius 3 is 2.94 bits per heavy atom. The van der Waals surface area contributed by atoms with Crippen LogP contribution in [0, 0.1) is 0 Å². The topological polar surface area (TPSA) is 85.4 Å². The molecule has 1 aromatic heterocycles. The molecule has 1 fully saturated rings. The number of nitrogens with zero attached hydrogens (tertiary/aromatic N) is 3. The summed E-state index contributed by atoms with van der Waals surface area (Å²) in [6, 6.07) is 0. The number of amides is 1. The zero-order chi connectivity index (χ0) is 11.4. The van der Waals surface area contributed by atoms with Crippen LogP contribution in [-0.4, -0.2) is 47.0 Å². The van der Waals surface area contributed by atoms with E-state index in [0.717, 1.165) is 0 Å². The maximum absolute atomic E-state index is 11.6. The zero-order valence-electron chi connectivity index (χ0n) is 8.93. The van der Waals surface area contributed by atoms with Crippen LogP contribution in [-0.2, 0) is 16.1 Å². The second kappa shape index (κ2) is 4.95. The van der Waals surface area contributed by atoms with Crippen molar-refractivity contribution in [3.8, 4) is 0 Å². The van der Waals surface area contributed by atoms with Crippen molar-refractivity contribution in [1.29, 1.82) is 0 Å². The molecule has 0 atom stereocenters. The predicted octanol–water partition coefficient (Wildman–Crippen LogP) is -1.17. The highest BCUT2D eigenvalue weighted by molar-refractivity contribution is 5.75. The number of hydrogen-bond donors (Lipinski definition) is 2. The molecule has 0 unspecified atom stereocenters. The summed E-state index contributed by atoms with van der Waals surface area (Å²) in [6.45, 7) is 2.90. The van der Waals surface area contributed by atoms with Crippen LogP contribution in [0.5, 0.6) is 0 Å². The summed E-state index contributed by atoms with van der Waals surface area (Å²) in [6.07, 6.45) is 3.14. The third-order valence-corrected chi connectivity index (χ3v) is 2.25. The van der Waals surface area contributed by atoms with Gasteiger partial charge in [0, 0.05) is 19.3 Å². The van der Waals surface area contributed by atoms with Gasteiger partial charge in [-0.05, 0) is 0 Å². The van der Waals surface area contributed by atoms with Crippen LogP contribution in [0.3, 0.4) is 0 Å². The monoisotopic (exact) mass is 225 g/mol. The first-order valence-electron chi connectivity index (χ1n) is 5.14. The Morgan fingerprint density at radius 2 is 2.31 bits per heavy atom. The molecule has 1 aromatic rings. The van der Waals surface area contributed by atoms with Gasteiger partial charge < -0.3 is 10.5 Å².